The summed E-state index contributed by atoms with van der Waals surface area (Å²) in [5, 5.41) is 7.41. The molecule has 0 fully saturated rings. The van der Waals surface area contributed by atoms with Gasteiger partial charge in [-0.05, 0) is 180 Å². The maximum absolute atomic E-state index is 13.3. The molecule has 314 valence electrons. The number of aryl methyl sites for hydroxylation is 6. The summed E-state index contributed by atoms with van der Waals surface area (Å²) in [7, 11) is -2.83. The molecule has 1 aliphatic carbocycles. The Hall–Kier alpha value is -5.96. The van der Waals surface area contributed by atoms with Crippen molar-refractivity contribution < 1.29 is 22.4 Å². The Bertz CT molecular complexity index is 3490. The van der Waals surface area contributed by atoms with Crippen LogP contribution < -0.4 is 29.5 Å². The fourth-order valence-electron chi connectivity index (χ4n) is 12.9. The molecule has 0 bridgehead atoms. The molecule has 7 aromatic rings. The number of fused-ring (bicyclic) bond motifs is 12. The van der Waals surface area contributed by atoms with Crippen LogP contribution in [0.15, 0.2) is 95.9 Å². The third kappa shape index (κ3) is 5.22. The zero-order chi connectivity index (χ0) is 42.5. The zero-order valence-corrected chi connectivity index (χ0v) is 36.8. The third-order valence-corrected chi connectivity index (χ3v) is 16.2. The number of hydrogen-bond acceptors (Lipinski definition) is 5. The van der Waals surface area contributed by atoms with Crippen LogP contribution in [0, 0.1) is 13.8 Å². The summed E-state index contributed by atoms with van der Waals surface area (Å²) in [6.07, 6.45) is 8.62. The van der Waals surface area contributed by atoms with E-state index in [-0.39, 0.29) is 4.90 Å². The standard InChI is InChI=1S/C55H48N2O5S/c1-31-12-15-49(61-3)44(22-31)52-42-26-35-24-33-8-4-18-56-20-6-10-38(53(33)56)40(35)29-45(42)55(47-23-32(2)13-16-50(47)62-51-17-14-37(28-48(51)55)63(58,59)60)46-30-41-36(27-43(46)52)25-34-9-5-19-57-21-7-11-39(41)54(34)57/h12-17,22-30H,4-11,18-21H2,1-3H3/p+1. The number of benzene rings is 7. The van der Waals surface area contributed by atoms with Crippen molar-refractivity contribution in [1.29, 1.82) is 0 Å². The first-order valence-corrected chi connectivity index (χ1v) is 24.2. The van der Waals surface area contributed by atoms with Crippen LogP contribution in [0.3, 0.4) is 0 Å². The molecule has 0 radical (unpaired) electrons. The molecule has 1 atom stereocenters. The second kappa shape index (κ2) is 13.3. The highest BCUT2D eigenvalue weighted by Crippen LogP contribution is 2.59. The van der Waals surface area contributed by atoms with Crippen molar-refractivity contribution in [2.45, 2.75) is 75.5 Å². The fraction of sp³-hybridized carbons (Fsp3) is 0.291. The van der Waals surface area contributed by atoms with Crippen molar-refractivity contribution in [1.82, 2.24) is 4.58 Å². The average Bonchev–Trinajstić information content (AvgIpc) is 3.28. The molecular weight excluding hydrogens is 801 g/mol. The van der Waals surface area contributed by atoms with Gasteiger partial charge in [0.25, 0.3) is 10.1 Å². The van der Waals surface area contributed by atoms with E-state index in [9.17, 15) is 13.0 Å². The Morgan fingerprint density at radius 1 is 0.667 bits per heavy atom. The smallest absolute Gasteiger partial charge is 0.294 e. The van der Waals surface area contributed by atoms with E-state index in [1.165, 1.54) is 60.9 Å². The van der Waals surface area contributed by atoms with Gasteiger partial charge in [-0.15, -0.1) is 0 Å². The fourth-order valence-corrected chi connectivity index (χ4v) is 13.4. The number of nitrogens with zero attached hydrogens (tertiary/aromatic N) is 2. The van der Waals surface area contributed by atoms with E-state index in [0.29, 0.717) is 11.3 Å². The molecule has 1 N–H and O–H groups in total. The lowest BCUT2D eigenvalue weighted by atomic mass is 9.58. The number of ether oxygens (including phenoxy) is 2. The first-order valence-electron chi connectivity index (χ1n) is 22.8. The molecule has 0 amide bonds. The predicted molar refractivity (Wildman–Crippen MR) is 249 cm³/mol. The Kier molecular flexibility index (Phi) is 7.93. The minimum atomic E-state index is -4.60. The third-order valence-electron chi connectivity index (χ3n) is 15.3. The monoisotopic (exact) mass is 849 g/mol. The maximum atomic E-state index is 13.3. The van der Waals surface area contributed by atoms with Crippen molar-refractivity contribution in [3.63, 3.8) is 0 Å². The van der Waals surface area contributed by atoms with Crippen LogP contribution in [-0.4, -0.2) is 46.3 Å². The lowest BCUT2D eigenvalue weighted by Crippen LogP contribution is -2.44. The van der Waals surface area contributed by atoms with Crippen LogP contribution in [0.4, 0.5) is 5.69 Å². The van der Waals surface area contributed by atoms with Gasteiger partial charge in [0.2, 0.25) is 5.36 Å². The highest BCUT2D eigenvalue weighted by Gasteiger charge is 2.51. The minimum absolute atomic E-state index is 0.153. The molecule has 13 rings (SSSR count). The van der Waals surface area contributed by atoms with E-state index < -0.39 is 15.5 Å². The van der Waals surface area contributed by atoms with E-state index in [2.05, 4.69) is 96.1 Å². The van der Waals surface area contributed by atoms with Crippen molar-refractivity contribution in [3.05, 3.63) is 168 Å². The Morgan fingerprint density at radius 2 is 1.33 bits per heavy atom. The molecule has 63 heavy (non-hydrogen) atoms. The Morgan fingerprint density at radius 3 is 2.16 bits per heavy atom. The summed E-state index contributed by atoms with van der Waals surface area (Å²) in [5.41, 5.74) is 15.2. The lowest BCUT2D eigenvalue weighted by molar-refractivity contribution is 0.413. The molecule has 7 nitrogen and oxygen atoms in total. The van der Waals surface area contributed by atoms with Gasteiger partial charge in [-0.2, -0.15) is 8.42 Å². The van der Waals surface area contributed by atoms with Crippen LogP contribution in [-0.2, 0) is 41.2 Å². The normalized spacial score (nSPS) is 19.2. The first-order chi connectivity index (χ1) is 30.6. The number of rotatable bonds is 3. The molecule has 1 spiro atoms. The summed E-state index contributed by atoms with van der Waals surface area (Å²) < 4.78 is 53.1. The summed E-state index contributed by atoms with van der Waals surface area (Å²) >= 11 is 0. The predicted octanol–water partition coefficient (Wildman–Crippen LogP) is 9.00. The SMILES string of the molecule is COc1ccc(C)cc1C1=c2cc3cc4c5c(c3cc2C2(c3cc(C)ccc3Oc3ccc(S(=O)(=O)O)cc32)c2cc3c6c7c(cc3cc21)CCCN7CCC6)CCC[N+]=5CCC4. The van der Waals surface area contributed by atoms with Crippen LogP contribution >= 0.6 is 0 Å². The molecule has 8 heteroatoms. The summed E-state index contributed by atoms with van der Waals surface area (Å²) in [4.78, 5) is 2.46. The molecular formula is C55H49N2O5S+. The highest BCUT2D eigenvalue weighted by atomic mass is 32.2. The number of methoxy groups -OCH3 is 1. The quantitative estimate of drug-likeness (QED) is 0.141. The van der Waals surface area contributed by atoms with Crippen molar-refractivity contribution in [2.75, 3.05) is 38.2 Å². The first kappa shape index (κ1) is 37.6. The molecule has 5 heterocycles. The molecule has 5 aliphatic heterocycles. The Labute approximate surface area is 367 Å². The van der Waals surface area contributed by atoms with Crippen molar-refractivity contribution in [2.24, 2.45) is 0 Å². The molecule has 0 aromatic heterocycles. The van der Waals surface area contributed by atoms with Gasteiger partial charge in [0.15, 0.2) is 0 Å². The van der Waals surface area contributed by atoms with E-state index in [1.807, 2.05) is 0 Å². The maximum Gasteiger partial charge on any atom is 0.294 e. The average molecular weight is 850 g/mol. The summed E-state index contributed by atoms with van der Waals surface area (Å²) in [6.45, 7) is 8.56. The zero-order valence-electron chi connectivity index (χ0n) is 36.0. The molecule has 0 saturated carbocycles. The van der Waals surface area contributed by atoms with Crippen LogP contribution in [0.5, 0.6) is 17.2 Å². The molecule has 6 aliphatic rings. The molecule has 0 saturated heterocycles. The van der Waals surface area contributed by atoms with Gasteiger partial charge in [0.1, 0.15) is 30.3 Å². The number of anilines is 1. The van der Waals surface area contributed by atoms with Crippen LogP contribution in [0.25, 0.3) is 27.1 Å². The van der Waals surface area contributed by atoms with Crippen molar-refractivity contribution >= 4 is 42.9 Å². The van der Waals surface area contributed by atoms with E-state index >= 15 is 0 Å². The number of hydrogen-bond donors (Lipinski definition) is 1. The van der Waals surface area contributed by atoms with Gasteiger partial charge in [0, 0.05) is 65.0 Å². The van der Waals surface area contributed by atoms with Crippen LogP contribution in [0.1, 0.15) is 92.4 Å². The van der Waals surface area contributed by atoms with E-state index in [0.717, 1.165) is 139 Å². The van der Waals surface area contributed by atoms with E-state index in [4.69, 9.17) is 9.47 Å². The second-order valence-corrected chi connectivity index (χ2v) is 20.3. The van der Waals surface area contributed by atoms with Gasteiger partial charge in [-0.25, -0.2) is 4.58 Å². The van der Waals surface area contributed by atoms with Gasteiger partial charge in [-0.1, -0.05) is 29.3 Å². The minimum Gasteiger partial charge on any atom is -0.496 e. The van der Waals surface area contributed by atoms with Gasteiger partial charge in [0.05, 0.1) is 17.4 Å². The molecule has 7 aromatic carbocycles. The van der Waals surface area contributed by atoms with Gasteiger partial charge >= 0.3 is 0 Å². The second-order valence-electron chi connectivity index (χ2n) is 18.9. The lowest BCUT2D eigenvalue weighted by Gasteiger charge is -2.46. The van der Waals surface area contributed by atoms with Gasteiger partial charge < -0.3 is 14.4 Å². The topological polar surface area (TPSA) is 79.1 Å². The highest BCUT2D eigenvalue weighted by molar-refractivity contribution is 7.85. The molecule has 1 unspecified atom stereocenters. The summed E-state index contributed by atoms with van der Waals surface area (Å²) in [6, 6.07) is 32.5. The van der Waals surface area contributed by atoms with Crippen LogP contribution in [0.2, 0.25) is 0 Å². The largest absolute Gasteiger partial charge is 0.496 e. The van der Waals surface area contributed by atoms with E-state index in [1.54, 1.807) is 19.2 Å². The Balaban J connectivity index is 1.31. The van der Waals surface area contributed by atoms with Gasteiger partial charge in [-0.3, -0.25) is 4.55 Å². The van der Waals surface area contributed by atoms with Crippen molar-refractivity contribution in [3.8, 4) is 17.2 Å². The summed E-state index contributed by atoms with van der Waals surface area (Å²) in [5.74, 6) is 2.11.